The first-order valence-electron chi connectivity index (χ1n) is 5.43. The maximum Gasteiger partial charge on any atom is 0.229 e. The Balaban J connectivity index is 2.27. The van der Waals surface area contributed by atoms with Gasteiger partial charge in [-0.25, -0.2) is 13.4 Å². The molecule has 1 aromatic heterocycles. The van der Waals surface area contributed by atoms with Crippen molar-refractivity contribution in [2.75, 3.05) is 16.3 Å². The molecule has 0 unspecified atom stereocenters. The lowest BCUT2D eigenvalue weighted by molar-refractivity contribution is 0.475. The number of phenolic OH excluding ortho intramolecular Hbond substituents is 1. The topological polar surface area (TPSA) is 91.3 Å². The molecule has 0 bridgehead atoms. The highest BCUT2D eigenvalue weighted by Crippen LogP contribution is 2.24. The molecule has 0 radical (unpaired) electrons. The van der Waals surface area contributed by atoms with Crippen molar-refractivity contribution in [2.24, 2.45) is 0 Å². The van der Waals surface area contributed by atoms with E-state index in [0.717, 1.165) is 6.26 Å². The molecular weight excluding hydrogens is 266 g/mol. The summed E-state index contributed by atoms with van der Waals surface area (Å²) in [6, 6.07) is 9.61. The minimum Gasteiger partial charge on any atom is -0.508 e. The van der Waals surface area contributed by atoms with Crippen LogP contribution in [0, 0.1) is 0 Å². The van der Waals surface area contributed by atoms with Crippen LogP contribution >= 0.6 is 0 Å². The summed E-state index contributed by atoms with van der Waals surface area (Å²) in [7, 11) is -3.37. The van der Waals surface area contributed by atoms with E-state index in [-0.39, 0.29) is 5.75 Å². The monoisotopic (exact) mass is 279 g/mol. The lowest BCUT2D eigenvalue weighted by Gasteiger charge is -2.11. The van der Waals surface area contributed by atoms with Crippen LogP contribution in [0.15, 0.2) is 42.6 Å². The van der Waals surface area contributed by atoms with E-state index in [0.29, 0.717) is 17.2 Å². The van der Waals surface area contributed by atoms with Crippen molar-refractivity contribution in [2.45, 2.75) is 0 Å². The predicted molar refractivity (Wildman–Crippen MR) is 74.1 cm³/mol. The molecule has 0 saturated carbocycles. The molecule has 7 heteroatoms. The fraction of sp³-hybridized carbons (Fsp3) is 0.0833. The molecule has 1 heterocycles. The van der Waals surface area contributed by atoms with Gasteiger partial charge >= 0.3 is 0 Å². The lowest BCUT2D eigenvalue weighted by Crippen LogP contribution is -2.11. The van der Waals surface area contributed by atoms with Crippen molar-refractivity contribution in [3.63, 3.8) is 0 Å². The summed E-state index contributed by atoms with van der Waals surface area (Å²) in [6.45, 7) is 0. The van der Waals surface area contributed by atoms with Gasteiger partial charge in [0, 0.05) is 11.9 Å². The van der Waals surface area contributed by atoms with Crippen molar-refractivity contribution in [3.8, 4) is 5.75 Å². The summed E-state index contributed by atoms with van der Waals surface area (Å²) >= 11 is 0. The Kier molecular flexibility index (Phi) is 3.57. The van der Waals surface area contributed by atoms with E-state index < -0.39 is 10.0 Å². The summed E-state index contributed by atoms with van der Waals surface area (Å²) < 4.78 is 24.9. The second-order valence-electron chi connectivity index (χ2n) is 3.95. The molecule has 6 nitrogen and oxygen atoms in total. The van der Waals surface area contributed by atoms with Crippen LogP contribution in [0.3, 0.4) is 0 Å². The van der Waals surface area contributed by atoms with Gasteiger partial charge in [0.25, 0.3) is 0 Å². The van der Waals surface area contributed by atoms with Crippen molar-refractivity contribution >= 4 is 27.2 Å². The molecule has 0 atom stereocenters. The number of pyridine rings is 1. The molecule has 0 fully saturated rings. The first-order chi connectivity index (χ1) is 8.94. The quantitative estimate of drug-likeness (QED) is 0.743. The molecule has 3 N–H and O–H groups in total. The Morgan fingerprint density at radius 2 is 1.84 bits per heavy atom. The van der Waals surface area contributed by atoms with E-state index in [9.17, 15) is 13.5 Å². The average molecular weight is 279 g/mol. The minimum absolute atomic E-state index is 0.154. The number of rotatable bonds is 4. The zero-order chi connectivity index (χ0) is 13.9. The van der Waals surface area contributed by atoms with Gasteiger partial charge in [-0.3, -0.25) is 4.72 Å². The average Bonchev–Trinajstić information content (AvgIpc) is 2.33. The number of aromatic nitrogens is 1. The van der Waals surface area contributed by atoms with Crippen LogP contribution in [-0.2, 0) is 10.0 Å². The molecule has 0 spiro atoms. The first kappa shape index (κ1) is 13.2. The molecule has 1 aromatic carbocycles. The number of sulfonamides is 1. The van der Waals surface area contributed by atoms with Crippen LogP contribution < -0.4 is 10.0 Å². The molecule has 0 aliphatic rings. The molecule has 0 aliphatic carbocycles. The van der Waals surface area contributed by atoms with Gasteiger partial charge in [-0.05, 0) is 36.4 Å². The van der Waals surface area contributed by atoms with E-state index in [1.54, 1.807) is 30.5 Å². The standard InChI is InChI=1S/C12H13N3O3S/c1-19(17,18)15-11-3-2-8-13-12(11)14-9-4-6-10(16)7-5-9/h2-8,15-16H,1H3,(H,13,14). The van der Waals surface area contributed by atoms with Crippen LogP contribution in [0.4, 0.5) is 17.2 Å². The van der Waals surface area contributed by atoms with Gasteiger partial charge < -0.3 is 10.4 Å². The van der Waals surface area contributed by atoms with E-state index >= 15 is 0 Å². The third-order valence-electron chi connectivity index (χ3n) is 2.23. The SMILES string of the molecule is CS(=O)(=O)Nc1cccnc1Nc1ccc(O)cc1. The Hall–Kier alpha value is -2.28. The number of nitrogens with one attached hydrogen (secondary N) is 2. The molecule has 2 rings (SSSR count). The van der Waals surface area contributed by atoms with Crippen molar-refractivity contribution in [1.82, 2.24) is 4.98 Å². The summed E-state index contributed by atoms with van der Waals surface area (Å²) in [5.41, 5.74) is 1.05. The largest absolute Gasteiger partial charge is 0.508 e. The number of hydrogen-bond donors (Lipinski definition) is 3. The van der Waals surface area contributed by atoms with E-state index in [1.165, 1.54) is 12.1 Å². The maximum atomic E-state index is 11.3. The van der Waals surface area contributed by atoms with Crippen LogP contribution in [0.2, 0.25) is 0 Å². The van der Waals surface area contributed by atoms with E-state index in [2.05, 4.69) is 15.0 Å². The van der Waals surface area contributed by atoms with Crippen molar-refractivity contribution in [3.05, 3.63) is 42.6 Å². The number of nitrogens with zero attached hydrogens (tertiary/aromatic N) is 1. The number of phenols is 1. The Morgan fingerprint density at radius 3 is 2.47 bits per heavy atom. The Labute approximate surface area is 111 Å². The number of aromatic hydroxyl groups is 1. The molecule has 100 valence electrons. The minimum atomic E-state index is -3.37. The van der Waals surface area contributed by atoms with Gasteiger partial charge in [-0.15, -0.1) is 0 Å². The van der Waals surface area contributed by atoms with E-state index in [1.807, 2.05) is 0 Å². The van der Waals surface area contributed by atoms with Crippen LogP contribution in [0.1, 0.15) is 0 Å². The maximum absolute atomic E-state index is 11.3. The summed E-state index contributed by atoms with van der Waals surface area (Å²) in [5.74, 6) is 0.541. The number of benzene rings is 1. The predicted octanol–water partition coefficient (Wildman–Crippen LogP) is 1.90. The number of hydrogen-bond acceptors (Lipinski definition) is 5. The normalized spacial score (nSPS) is 11.0. The highest BCUT2D eigenvalue weighted by molar-refractivity contribution is 7.92. The molecule has 2 aromatic rings. The molecule has 0 amide bonds. The fourth-order valence-corrected chi connectivity index (χ4v) is 2.03. The third-order valence-corrected chi connectivity index (χ3v) is 2.82. The summed E-state index contributed by atoms with van der Waals surface area (Å²) in [6.07, 6.45) is 2.63. The van der Waals surface area contributed by atoms with Crippen LogP contribution in [0.5, 0.6) is 5.75 Å². The Bertz CT molecular complexity index is 669. The molecular formula is C12H13N3O3S. The number of anilines is 3. The molecule has 0 saturated heterocycles. The van der Waals surface area contributed by atoms with Gasteiger partial charge in [0.15, 0.2) is 5.82 Å². The zero-order valence-electron chi connectivity index (χ0n) is 10.2. The van der Waals surface area contributed by atoms with Gasteiger partial charge in [-0.2, -0.15) is 0 Å². The van der Waals surface area contributed by atoms with Gasteiger partial charge in [0.1, 0.15) is 5.75 Å². The smallest absolute Gasteiger partial charge is 0.229 e. The zero-order valence-corrected chi connectivity index (χ0v) is 11.0. The lowest BCUT2D eigenvalue weighted by atomic mass is 10.3. The highest BCUT2D eigenvalue weighted by Gasteiger charge is 2.08. The fourth-order valence-electron chi connectivity index (χ4n) is 1.47. The van der Waals surface area contributed by atoms with Crippen molar-refractivity contribution < 1.29 is 13.5 Å². The van der Waals surface area contributed by atoms with Crippen molar-refractivity contribution in [1.29, 1.82) is 0 Å². The second kappa shape index (κ2) is 5.15. The van der Waals surface area contributed by atoms with Gasteiger partial charge in [0.2, 0.25) is 10.0 Å². The summed E-state index contributed by atoms with van der Waals surface area (Å²) in [5, 5.41) is 12.2. The van der Waals surface area contributed by atoms with E-state index in [4.69, 9.17) is 0 Å². The summed E-state index contributed by atoms with van der Waals surface area (Å²) in [4.78, 5) is 4.08. The van der Waals surface area contributed by atoms with Crippen LogP contribution in [-0.4, -0.2) is 24.8 Å². The first-order valence-corrected chi connectivity index (χ1v) is 7.32. The highest BCUT2D eigenvalue weighted by atomic mass is 32.2. The third kappa shape index (κ3) is 3.85. The van der Waals surface area contributed by atoms with Gasteiger partial charge in [0.05, 0.1) is 11.9 Å². The van der Waals surface area contributed by atoms with Crippen LogP contribution in [0.25, 0.3) is 0 Å². The second-order valence-corrected chi connectivity index (χ2v) is 5.69. The van der Waals surface area contributed by atoms with Gasteiger partial charge in [-0.1, -0.05) is 0 Å². The Morgan fingerprint density at radius 1 is 1.16 bits per heavy atom. The molecule has 0 aliphatic heterocycles. The molecule has 19 heavy (non-hydrogen) atoms.